The van der Waals surface area contributed by atoms with E-state index in [1.165, 1.54) is 6.42 Å². The smallest absolute Gasteiger partial charge is 0.0866 e. The molecule has 98 valence electrons. The predicted octanol–water partition coefficient (Wildman–Crippen LogP) is 2.45. The first-order chi connectivity index (χ1) is 7.68. The normalized spacial score (nSPS) is 42.4. The molecular weight excluding hydrogens is 212 g/mol. The van der Waals surface area contributed by atoms with Gasteiger partial charge in [-0.25, -0.2) is 0 Å². The van der Waals surface area contributed by atoms with Crippen LogP contribution in [0.15, 0.2) is 5.16 Å². The zero-order chi connectivity index (χ0) is 13.0. The Labute approximate surface area is 105 Å². The lowest BCUT2D eigenvalue weighted by Gasteiger charge is -2.42. The van der Waals surface area contributed by atoms with Gasteiger partial charge >= 0.3 is 0 Å². The molecule has 17 heavy (non-hydrogen) atoms. The fourth-order valence-electron chi connectivity index (χ4n) is 4.14. The molecule has 0 aromatic heterocycles. The van der Waals surface area contributed by atoms with E-state index in [1.807, 2.05) is 0 Å². The summed E-state index contributed by atoms with van der Waals surface area (Å²) in [5.74, 6) is 2.31. The molecule has 2 saturated carbocycles. The van der Waals surface area contributed by atoms with Crippen LogP contribution in [-0.2, 0) is 0 Å². The van der Waals surface area contributed by atoms with Gasteiger partial charge in [-0.15, -0.1) is 0 Å². The Morgan fingerprint density at radius 1 is 1.35 bits per heavy atom. The number of hydrogen-bond donors (Lipinski definition) is 1. The molecule has 0 heterocycles. The van der Waals surface area contributed by atoms with Crippen molar-refractivity contribution in [3.8, 4) is 0 Å². The first-order valence-corrected chi connectivity index (χ1v) is 6.70. The van der Waals surface area contributed by atoms with Gasteiger partial charge in [0, 0.05) is 5.92 Å². The maximum absolute atomic E-state index is 9.32. The van der Waals surface area contributed by atoms with Crippen molar-refractivity contribution in [2.75, 3.05) is 27.7 Å². The van der Waals surface area contributed by atoms with Crippen LogP contribution in [0.2, 0.25) is 0 Å². The third-order valence-electron chi connectivity index (χ3n) is 5.35. The number of quaternary nitrogens is 1. The molecular formula is C14H27N2O+. The molecule has 4 atom stereocenters. The highest BCUT2D eigenvalue weighted by atomic mass is 16.4. The average Bonchev–Trinajstić information content (AvgIpc) is 2.61. The Balaban J connectivity index is 2.29. The van der Waals surface area contributed by atoms with Crippen LogP contribution in [0.3, 0.4) is 0 Å². The van der Waals surface area contributed by atoms with E-state index in [9.17, 15) is 5.21 Å². The molecule has 1 N–H and O–H groups in total. The van der Waals surface area contributed by atoms with Gasteiger partial charge in [-0.3, -0.25) is 0 Å². The van der Waals surface area contributed by atoms with Gasteiger partial charge in [0.2, 0.25) is 0 Å². The van der Waals surface area contributed by atoms with Gasteiger partial charge in [-0.2, -0.15) is 0 Å². The fraction of sp³-hybridized carbons (Fsp3) is 0.929. The molecule has 0 spiro atoms. The molecule has 2 aliphatic rings. The fourth-order valence-corrected chi connectivity index (χ4v) is 4.14. The summed E-state index contributed by atoms with van der Waals surface area (Å²) in [5, 5.41) is 13.0. The quantitative estimate of drug-likeness (QED) is 0.448. The molecule has 0 aliphatic heterocycles. The second kappa shape index (κ2) is 3.71. The van der Waals surface area contributed by atoms with Gasteiger partial charge in [-0.05, 0) is 23.7 Å². The first-order valence-electron chi connectivity index (χ1n) is 6.70. The molecule has 2 fully saturated rings. The van der Waals surface area contributed by atoms with E-state index in [0.717, 1.165) is 16.7 Å². The molecule has 2 rings (SSSR count). The summed E-state index contributed by atoms with van der Waals surface area (Å²) in [4.78, 5) is 0. The molecule has 0 aromatic rings. The molecule has 0 amide bonds. The van der Waals surface area contributed by atoms with E-state index in [-0.39, 0.29) is 0 Å². The summed E-state index contributed by atoms with van der Waals surface area (Å²) in [6, 6.07) is 0. The van der Waals surface area contributed by atoms with E-state index in [0.29, 0.717) is 29.1 Å². The lowest BCUT2D eigenvalue weighted by atomic mass is 9.64. The average molecular weight is 239 g/mol. The summed E-state index contributed by atoms with van der Waals surface area (Å²) in [6.45, 7) is 8.17. The molecule has 2 bridgehead atoms. The highest BCUT2D eigenvalue weighted by Gasteiger charge is 2.60. The predicted molar refractivity (Wildman–Crippen MR) is 70.2 cm³/mol. The van der Waals surface area contributed by atoms with Crippen molar-refractivity contribution in [1.29, 1.82) is 0 Å². The van der Waals surface area contributed by atoms with Gasteiger partial charge in [0.15, 0.2) is 0 Å². The Morgan fingerprint density at radius 2 is 1.94 bits per heavy atom. The summed E-state index contributed by atoms with van der Waals surface area (Å²) in [6.07, 6.45) is 1.22. The van der Waals surface area contributed by atoms with Crippen molar-refractivity contribution in [1.82, 2.24) is 0 Å². The van der Waals surface area contributed by atoms with Gasteiger partial charge in [0.05, 0.1) is 39.3 Å². The molecule has 2 aliphatic carbocycles. The van der Waals surface area contributed by atoms with Gasteiger partial charge in [0.1, 0.15) is 0 Å². The van der Waals surface area contributed by atoms with Crippen molar-refractivity contribution in [3.05, 3.63) is 0 Å². The number of oxime groups is 1. The minimum absolute atomic E-state index is 0.388. The molecule has 3 heteroatoms. The standard InChI is InChI=1S/C14H26N2O/c1-9-10-7-12(14(9,2)3)11(13(10)15-17)8-16(4,5)6/h9-12H,7-8H2,1-6H3/p+1/b15-13+/t9-,10+,11-,12+/m0/s1. The number of rotatable bonds is 2. The van der Waals surface area contributed by atoms with Crippen molar-refractivity contribution in [2.24, 2.45) is 34.2 Å². The van der Waals surface area contributed by atoms with Crippen LogP contribution < -0.4 is 0 Å². The van der Waals surface area contributed by atoms with Gasteiger partial charge in [0.25, 0.3) is 0 Å². The summed E-state index contributed by atoms with van der Waals surface area (Å²) < 4.78 is 0.942. The van der Waals surface area contributed by atoms with E-state index in [1.54, 1.807) is 0 Å². The second-order valence-electron chi connectivity index (χ2n) is 7.66. The van der Waals surface area contributed by atoms with Crippen molar-refractivity contribution in [3.63, 3.8) is 0 Å². The lowest BCUT2D eigenvalue weighted by Crippen LogP contribution is -2.48. The van der Waals surface area contributed by atoms with Crippen LogP contribution in [-0.4, -0.2) is 43.1 Å². The van der Waals surface area contributed by atoms with E-state index >= 15 is 0 Å². The zero-order valence-corrected chi connectivity index (χ0v) is 12.1. The largest absolute Gasteiger partial charge is 0.411 e. The maximum Gasteiger partial charge on any atom is 0.0866 e. The molecule has 0 unspecified atom stereocenters. The highest BCUT2D eigenvalue weighted by Crippen LogP contribution is 2.60. The zero-order valence-electron chi connectivity index (χ0n) is 12.1. The topological polar surface area (TPSA) is 32.6 Å². The van der Waals surface area contributed by atoms with Crippen LogP contribution in [0, 0.1) is 29.1 Å². The first kappa shape index (κ1) is 12.9. The summed E-state index contributed by atoms with van der Waals surface area (Å²) >= 11 is 0. The van der Waals surface area contributed by atoms with Crippen LogP contribution in [0.25, 0.3) is 0 Å². The number of nitrogens with zero attached hydrogens (tertiary/aromatic N) is 2. The minimum Gasteiger partial charge on any atom is -0.411 e. The third kappa shape index (κ3) is 1.88. The maximum atomic E-state index is 9.32. The second-order valence-corrected chi connectivity index (χ2v) is 7.66. The summed E-state index contributed by atoms with van der Waals surface area (Å²) in [5.41, 5.74) is 1.47. The van der Waals surface area contributed by atoms with Gasteiger partial charge in [-0.1, -0.05) is 25.9 Å². The van der Waals surface area contributed by atoms with Crippen LogP contribution in [0.5, 0.6) is 0 Å². The Bertz CT molecular complexity index is 341. The molecule has 0 aromatic carbocycles. The molecule has 3 nitrogen and oxygen atoms in total. The number of hydrogen-bond acceptors (Lipinski definition) is 2. The van der Waals surface area contributed by atoms with E-state index in [2.05, 4.69) is 47.1 Å². The minimum atomic E-state index is 0.388. The lowest BCUT2D eigenvalue weighted by molar-refractivity contribution is -0.873. The van der Waals surface area contributed by atoms with E-state index in [4.69, 9.17) is 0 Å². The Morgan fingerprint density at radius 3 is 2.41 bits per heavy atom. The molecule has 0 saturated heterocycles. The SMILES string of the molecule is C[C@H]1[C@H]2C[C@H]([C@H](C[N+](C)(C)C)/C2=N/O)C1(C)C. The number of fused-ring (bicyclic) bond motifs is 2. The third-order valence-corrected chi connectivity index (χ3v) is 5.35. The van der Waals surface area contributed by atoms with Crippen LogP contribution in [0.4, 0.5) is 0 Å². The Hall–Kier alpha value is -0.570. The van der Waals surface area contributed by atoms with Crippen molar-refractivity contribution in [2.45, 2.75) is 27.2 Å². The monoisotopic (exact) mass is 239 g/mol. The van der Waals surface area contributed by atoms with Crippen LogP contribution in [0.1, 0.15) is 27.2 Å². The van der Waals surface area contributed by atoms with Gasteiger partial charge < -0.3 is 9.69 Å². The van der Waals surface area contributed by atoms with E-state index < -0.39 is 0 Å². The highest BCUT2D eigenvalue weighted by molar-refractivity contribution is 5.92. The Kier molecular flexibility index (Phi) is 2.81. The van der Waals surface area contributed by atoms with Crippen molar-refractivity contribution < 1.29 is 9.69 Å². The summed E-state index contributed by atoms with van der Waals surface area (Å²) in [7, 11) is 6.66. The van der Waals surface area contributed by atoms with Crippen LogP contribution >= 0.6 is 0 Å². The molecule has 0 radical (unpaired) electrons. The van der Waals surface area contributed by atoms with Crippen molar-refractivity contribution >= 4 is 5.71 Å².